The Kier molecular flexibility index (Phi) is 2.73. The number of fused-ring (bicyclic) bond motifs is 5. The smallest absolute Gasteiger partial charge is 0.139 e. The minimum atomic E-state index is -0.257. The molecule has 0 aliphatic heterocycles. The van der Waals surface area contributed by atoms with Crippen LogP contribution in [0.1, 0.15) is 56.1 Å². The van der Waals surface area contributed by atoms with Crippen molar-refractivity contribution < 1.29 is 14.3 Å². The van der Waals surface area contributed by atoms with Crippen molar-refractivity contribution in [3.63, 3.8) is 0 Å². The van der Waals surface area contributed by atoms with E-state index in [-0.39, 0.29) is 22.9 Å². The summed E-state index contributed by atoms with van der Waals surface area (Å²) in [5.74, 6) is 1.28. The Balaban J connectivity index is 1.77. The number of carbonyl (C=O) groups excluding carboxylic acids is 1. The highest BCUT2D eigenvalue weighted by Crippen LogP contribution is 2.59. The highest BCUT2D eigenvalue weighted by atomic mass is 19.1. The van der Waals surface area contributed by atoms with Gasteiger partial charge in [-0.05, 0) is 67.1 Å². The fraction of sp³-hybridized carbons (Fsp3) is 0.611. The molecule has 4 rings (SSSR count). The summed E-state index contributed by atoms with van der Waals surface area (Å²) in [6, 6.07) is 2.97. The average Bonchev–Trinajstić information content (AvgIpc) is 2.74. The van der Waals surface area contributed by atoms with Crippen LogP contribution in [0, 0.1) is 23.1 Å². The number of phenolic OH excluding ortho intramolecular Hbond substituents is 1. The summed E-state index contributed by atoms with van der Waals surface area (Å²) < 4.78 is 14.4. The van der Waals surface area contributed by atoms with E-state index in [4.69, 9.17) is 0 Å². The summed E-state index contributed by atoms with van der Waals surface area (Å²) in [5.41, 5.74) is 1.64. The van der Waals surface area contributed by atoms with Crippen molar-refractivity contribution in [2.45, 2.75) is 51.4 Å². The van der Waals surface area contributed by atoms with E-state index in [2.05, 4.69) is 6.92 Å². The maximum Gasteiger partial charge on any atom is 0.139 e. The molecule has 3 aliphatic rings. The lowest BCUT2D eigenvalue weighted by atomic mass is 9.55. The molecule has 1 aromatic rings. The van der Waals surface area contributed by atoms with Crippen LogP contribution in [0.25, 0.3) is 0 Å². The lowest BCUT2D eigenvalue weighted by Gasteiger charge is -2.48. The molecular weight excluding hydrogens is 267 g/mol. The molecule has 2 fully saturated rings. The summed E-state index contributed by atoms with van der Waals surface area (Å²) in [5, 5.41) is 9.61. The van der Waals surface area contributed by atoms with Gasteiger partial charge in [-0.2, -0.15) is 0 Å². The molecule has 112 valence electrons. The standard InChI is InChI=1S/C18H21FO2/c1-18-7-6-13-12(14(18)4-5-16(18)21)3-2-10-8-11(20)9-15(19)17(10)13/h8-9,12-14,20H,2-7H2,1H3/t12-,13+,14+,18+/m1/s1. The topological polar surface area (TPSA) is 37.3 Å². The highest BCUT2D eigenvalue weighted by Gasteiger charge is 2.54. The van der Waals surface area contributed by atoms with Gasteiger partial charge in [0.05, 0.1) is 0 Å². The van der Waals surface area contributed by atoms with E-state index in [1.807, 2.05) is 0 Å². The van der Waals surface area contributed by atoms with Crippen molar-refractivity contribution in [2.75, 3.05) is 0 Å². The van der Waals surface area contributed by atoms with Crippen LogP contribution >= 0.6 is 0 Å². The minimum Gasteiger partial charge on any atom is -0.508 e. The van der Waals surface area contributed by atoms with Crippen LogP contribution in [0.5, 0.6) is 5.75 Å². The second-order valence-electron chi connectivity index (χ2n) is 7.33. The first-order valence-corrected chi connectivity index (χ1v) is 8.05. The zero-order chi connectivity index (χ0) is 14.8. The van der Waals surface area contributed by atoms with Crippen molar-refractivity contribution in [3.8, 4) is 5.75 Å². The lowest BCUT2D eigenvalue weighted by molar-refractivity contribution is -0.129. The van der Waals surface area contributed by atoms with Crippen LogP contribution in [0.4, 0.5) is 4.39 Å². The normalized spacial score (nSPS) is 37.8. The second-order valence-corrected chi connectivity index (χ2v) is 7.33. The van der Waals surface area contributed by atoms with Crippen LogP contribution < -0.4 is 0 Å². The van der Waals surface area contributed by atoms with Gasteiger partial charge >= 0.3 is 0 Å². The SMILES string of the molecule is C[C@]12CC[C@@H]3c4c(F)cc(O)cc4CC[C@H]3[C@@H]1CCC2=O. The number of aromatic hydroxyl groups is 1. The number of phenols is 1. The summed E-state index contributed by atoms with van der Waals surface area (Å²) in [4.78, 5) is 12.3. The van der Waals surface area contributed by atoms with Gasteiger partial charge < -0.3 is 5.11 Å². The molecule has 4 atom stereocenters. The van der Waals surface area contributed by atoms with Gasteiger partial charge in [0, 0.05) is 17.9 Å². The van der Waals surface area contributed by atoms with Gasteiger partial charge in [0.1, 0.15) is 17.3 Å². The molecular formula is C18H21FO2. The maximum absolute atomic E-state index is 14.4. The number of hydrogen-bond donors (Lipinski definition) is 1. The molecule has 3 heteroatoms. The first-order valence-electron chi connectivity index (χ1n) is 8.05. The largest absolute Gasteiger partial charge is 0.508 e. The molecule has 3 aliphatic carbocycles. The number of Topliss-reactive ketones (excluding diaryl/α,β-unsaturated/α-hetero) is 1. The third-order valence-corrected chi connectivity index (χ3v) is 6.46. The third kappa shape index (κ3) is 1.72. The number of aryl methyl sites for hydroxylation is 1. The molecule has 21 heavy (non-hydrogen) atoms. The first-order chi connectivity index (χ1) is 10.0. The van der Waals surface area contributed by atoms with Crippen molar-refractivity contribution in [2.24, 2.45) is 17.3 Å². The van der Waals surface area contributed by atoms with Crippen molar-refractivity contribution in [1.29, 1.82) is 0 Å². The van der Waals surface area contributed by atoms with Crippen LogP contribution in [-0.4, -0.2) is 10.9 Å². The number of rotatable bonds is 0. The molecule has 0 radical (unpaired) electrons. The van der Waals surface area contributed by atoms with Crippen molar-refractivity contribution in [3.05, 3.63) is 29.1 Å². The first kappa shape index (κ1) is 13.3. The number of benzene rings is 1. The number of ketones is 1. The lowest BCUT2D eigenvalue weighted by Crippen LogP contribution is -2.42. The van der Waals surface area contributed by atoms with Gasteiger partial charge in [-0.1, -0.05) is 6.92 Å². The Morgan fingerprint density at radius 1 is 1.24 bits per heavy atom. The van der Waals surface area contributed by atoms with E-state index in [9.17, 15) is 14.3 Å². The Morgan fingerprint density at radius 2 is 2.05 bits per heavy atom. The van der Waals surface area contributed by atoms with E-state index >= 15 is 0 Å². The second kappa shape index (κ2) is 4.31. The molecule has 0 amide bonds. The monoisotopic (exact) mass is 288 g/mol. The van der Waals surface area contributed by atoms with Gasteiger partial charge in [-0.15, -0.1) is 0 Å². The van der Waals surface area contributed by atoms with E-state index in [0.717, 1.165) is 43.2 Å². The zero-order valence-corrected chi connectivity index (χ0v) is 12.4. The Morgan fingerprint density at radius 3 is 2.86 bits per heavy atom. The molecule has 2 nitrogen and oxygen atoms in total. The minimum absolute atomic E-state index is 0.0291. The molecule has 0 bridgehead atoms. The van der Waals surface area contributed by atoms with Gasteiger partial charge in [0.2, 0.25) is 0 Å². The fourth-order valence-corrected chi connectivity index (χ4v) is 5.42. The summed E-state index contributed by atoms with van der Waals surface area (Å²) in [6.45, 7) is 2.13. The van der Waals surface area contributed by atoms with Gasteiger partial charge in [0.25, 0.3) is 0 Å². The molecule has 0 heterocycles. The summed E-state index contributed by atoms with van der Waals surface area (Å²) >= 11 is 0. The Hall–Kier alpha value is -1.38. The van der Waals surface area contributed by atoms with E-state index in [1.165, 1.54) is 6.07 Å². The Labute approximate surface area is 124 Å². The highest BCUT2D eigenvalue weighted by molar-refractivity contribution is 5.87. The van der Waals surface area contributed by atoms with E-state index in [0.29, 0.717) is 24.0 Å². The molecule has 0 saturated heterocycles. The summed E-state index contributed by atoms with van der Waals surface area (Å²) in [7, 11) is 0. The predicted molar refractivity (Wildman–Crippen MR) is 77.7 cm³/mol. The predicted octanol–water partition coefficient (Wildman–Crippen LogP) is 3.96. The molecule has 2 saturated carbocycles. The number of carbonyl (C=O) groups is 1. The summed E-state index contributed by atoms with van der Waals surface area (Å²) in [6.07, 6.45) is 5.31. The number of hydrogen-bond acceptors (Lipinski definition) is 2. The average molecular weight is 288 g/mol. The third-order valence-electron chi connectivity index (χ3n) is 6.46. The molecule has 0 aromatic heterocycles. The number of halogens is 1. The van der Waals surface area contributed by atoms with Crippen molar-refractivity contribution >= 4 is 5.78 Å². The molecule has 0 spiro atoms. The fourth-order valence-electron chi connectivity index (χ4n) is 5.42. The van der Waals surface area contributed by atoms with Gasteiger partial charge in [-0.25, -0.2) is 4.39 Å². The van der Waals surface area contributed by atoms with Crippen LogP contribution in [0.2, 0.25) is 0 Å². The van der Waals surface area contributed by atoms with Crippen LogP contribution in [0.3, 0.4) is 0 Å². The van der Waals surface area contributed by atoms with E-state index < -0.39 is 0 Å². The van der Waals surface area contributed by atoms with Crippen LogP contribution in [0.15, 0.2) is 12.1 Å². The Bertz CT molecular complexity index is 624. The van der Waals surface area contributed by atoms with Gasteiger partial charge in [-0.3, -0.25) is 4.79 Å². The molecule has 1 aromatic carbocycles. The van der Waals surface area contributed by atoms with Crippen LogP contribution in [-0.2, 0) is 11.2 Å². The van der Waals surface area contributed by atoms with E-state index in [1.54, 1.807) is 6.07 Å². The zero-order valence-electron chi connectivity index (χ0n) is 12.4. The van der Waals surface area contributed by atoms with Gasteiger partial charge in [0.15, 0.2) is 0 Å². The van der Waals surface area contributed by atoms with Crippen molar-refractivity contribution in [1.82, 2.24) is 0 Å². The molecule has 1 N–H and O–H groups in total. The quantitative estimate of drug-likeness (QED) is 0.784. The molecule has 0 unspecified atom stereocenters. The maximum atomic E-state index is 14.4.